The first-order valence-corrected chi connectivity index (χ1v) is 1.97. The number of carbonyl (C=O) groups excluding carboxylic acids is 1. The van der Waals surface area contributed by atoms with Crippen molar-refractivity contribution in [2.75, 3.05) is 0 Å². The Morgan fingerprint density at radius 3 is 2.11 bits per heavy atom. The van der Waals surface area contributed by atoms with E-state index in [4.69, 9.17) is 0 Å². The van der Waals surface area contributed by atoms with Crippen LogP contribution < -0.4 is 34.7 Å². The Morgan fingerprint density at radius 2 is 1.89 bits per heavy atom. The predicted molar refractivity (Wildman–Crippen MR) is 20.1 cm³/mol. The van der Waals surface area contributed by atoms with Crippen molar-refractivity contribution in [1.29, 1.82) is 0 Å². The first-order valence-electron chi connectivity index (χ1n) is 1.97. The van der Waals surface area contributed by atoms with E-state index in [0.29, 0.717) is 0 Å². The second-order valence-corrected chi connectivity index (χ2v) is 1.20. The third-order valence-electron chi connectivity index (χ3n) is 0.652. The van der Waals surface area contributed by atoms with Gasteiger partial charge < -0.3 is 19.4 Å². The van der Waals surface area contributed by atoms with Crippen LogP contribution in [0, 0.1) is 0 Å². The molecule has 0 unspecified atom stereocenters. The summed E-state index contributed by atoms with van der Waals surface area (Å²) in [5.41, 5.74) is 0. The number of carbonyl (C=O) groups is 1. The van der Waals surface area contributed by atoms with E-state index >= 15 is 0 Å². The molecule has 0 radical (unpaired) electrons. The maximum absolute atomic E-state index is 9.80. The molecule has 0 saturated heterocycles. The number of carboxylic acids is 1. The van der Waals surface area contributed by atoms with Crippen LogP contribution in [0.4, 0.5) is 0 Å². The normalized spacial score (nSPS) is 15.6. The van der Waals surface area contributed by atoms with Gasteiger partial charge in [-0.05, 0) is 0 Å². The molecule has 1 heterocycles. The topological polar surface area (TPSA) is 58.6 Å². The van der Waals surface area contributed by atoms with Crippen molar-refractivity contribution in [2.45, 2.75) is 6.29 Å². The van der Waals surface area contributed by atoms with Gasteiger partial charge in [0.15, 0.2) is 0 Å². The first kappa shape index (κ1) is 8.81. The molecule has 0 fully saturated rings. The second kappa shape index (κ2) is 3.76. The van der Waals surface area contributed by atoms with Crippen LogP contribution in [0.15, 0.2) is 12.5 Å². The molecule has 1 aliphatic heterocycles. The van der Waals surface area contributed by atoms with Crippen LogP contribution in [0.5, 0.6) is 0 Å². The molecule has 0 aromatic heterocycles. The van der Waals surface area contributed by atoms with E-state index in [9.17, 15) is 9.90 Å². The van der Waals surface area contributed by atoms with Crippen molar-refractivity contribution in [1.82, 2.24) is 0 Å². The quantitative estimate of drug-likeness (QED) is 0.343. The smallest absolute Gasteiger partial charge is 0.543 e. The monoisotopic (exact) mass is 138 g/mol. The van der Waals surface area contributed by atoms with Gasteiger partial charge in [0.1, 0.15) is 18.5 Å². The number of aliphatic carboxylic acids is 1. The third kappa shape index (κ3) is 2.26. The molecule has 0 aromatic rings. The molecule has 0 N–H and O–H groups in total. The van der Waals surface area contributed by atoms with E-state index in [-0.39, 0.29) is 29.6 Å². The fourth-order valence-corrected chi connectivity index (χ4v) is 0.350. The predicted octanol–water partition coefficient (Wildman–Crippen LogP) is -4.42. The molecule has 44 valence electrons. The van der Waals surface area contributed by atoms with E-state index < -0.39 is 12.3 Å². The van der Waals surface area contributed by atoms with Gasteiger partial charge in [-0.15, -0.1) is 0 Å². The molecule has 4 nitrogen and oxygen atoms in total. The maximum Gasteiger partial charge on any atom is 1.00 e. The van der Waals surface area contributed by atoms with Crippen LogP contribution in [-0.2, 0) is 14.3 Å². The van der Waals surface area contributed by atoms with Gasteiger partial charge in [-0.2, -0.15) is 0 Å². The van der Waals surface area contributed by atoms with E-state index in [1.54, 1.807) is 0 Å². The fraction of sp³-hybridized carbons (Fsp3) is 0.250. The van der Waals surface area contributed by atoms with Gasteiger partial charge in [-0.1, -0.05) is 0 Å². The molecule has 0 aromatic carbocycles. The summed E-state index contributed by atoms with van der Waals surface area (Å²) in [5, 5.41) is 9.80. The molecule has 5 heteroatoms. The summed E-state index contributed by atoms with van der Waals surface area (Å²) < 4.78 is 8.70. The van der Waals surface area contributed by atoms with Gasteiger partial charge in [0.05, 0.1) is 0 Å². The first-order chi connectivity index (χ1) is 3.80. The van der Waals surface area contributed by atoms with Crippen molar-refractivity contribution in [2.24, 2.45) is 0 Å². The number of hydrogen-bond donors (Lipinski definition) is 0. The van der Waals surface area contributed by atoms with Gasteiger partial charge in [-0.25, -0.2) is 0 Å². The average molecular weight is 138 g/mol. The minimum Gasteiger partial charge on any atom is -0.543 e. The van der Waals surface area contributed by atoms with Crippen LogP contribution in [0.3, 0.4) is 0 Å². The van der Waals surface area contributed by atoms with Crippen molar-refractivity contribution >= 4 is 5.97 Å². The van der Waals surface area contributed by atoms with E-state index in [1.165, 1.54) is 0 Å². The summed E-state index contributed by atoms with van der Waals surface area (Å²) >= 11 is 0. The molecular weight excluding hydrogens is 135 g/mol. The Morgan fingerprint density at radius 1 is 1.44 bits per heavy atom. The minimum atomic E-state index is -1.37. The van der Waals surface area contributed by atoms with Crippen molar-refractivity contribution in [3.63, 3.8) is 0 Å². The van der Waals surface area contributed by atoms with Crippen LogP contribution in [-0.4, -0.2) is 12.3 Å². The summed E-state index contributed by atoms with van der Waals surface area (Å²) in [4.78, 5) is 9.80. The molecule has 1 aliphatic rings. The SMILES string of the molecule is O=C([O-])C1OC=CO1.[Na+]. The number of rotatable bonds is 1. The zero-order valence-corrected chi connectivity index (χ0v) is 6.87. The Balaban J connectivity index is 0.000000640. The Labute approximate surface area is 73.7 Å². The zero-order chi connectivity index (χ0) is 5.98. The van der Waals surface area contributed by atoms with Crippen molar-refractivity contribution in [3.05, 3.63) is 12.5 Å². The Hall–Kier alpha value is -0.190. The van der Waals surface area contributed by atoms with Crippen molar-refractivity contribution in [3.8, 4) is 0 Å². The molecule has 0 aliphatic carbocycles. The second-order valence-electron chi connectivity index (χ2n) is 1.20. The fourth-order valence-electron chi connectivity index (χ4n) is 0.350. The average Bonchev–Trinajstić information content (AvgIpc) is 2.12. The molecular formula is C4H3NaO4. The molecule has 0 spiro atoms. The number of carboxylic acid groups (broad SMARTS) is 1. The van der Waals surface area contributed by atoms with Gasteiger partial charge in [-0.3, -0.25) is 0 Å². The van der Waals surface area contributed by atoms with Crippen LogP contribution >= 0.6 is 0 Å². The summed E-state index contributed by atoms with van der Waals surface area (Å²) in [6.45, 7) is 0. The summed E-state index contributed by atoms with van der Waals surface area (Å²) in [6, 6.07) is 0. The molecule has 0 amide bonds. The third-order valence-corrected chi connectivity index (χ3v) is 0.652. The van der Waals surface area contributed by atoms with Crippen LogP contribution in [0.25, 0.3) is 0 Å². The molecule has 0 atom stereocenters. The summed E-state index contributed by atoms with van der Waals surface area (Å²) in [7, 11) is 0. The minimum absolute atomic E-state index is 0. The maximum atomic E-state index is 9.80. The Kier molecular flexibility index (Phi) is 3.68. The molecule has 0 saturated carbocycles. The molecule has 9 heavy (non-hydrogen) atoms. The van der Waals surface area contributed by atoms with E-state index in [0.717, 1.165) is 12.5 Å². The summed E-state index contributed by atoms with van der Waals surface area (Å²) in [5.74, 6) is -1.37. The summed E-state index contributed by atoms with van der Waals surface area (Å²) in [6.07, 6.45) is 1.07. The van der Waals surface area contributed by atoms with Crippen LogP contribution in [0.1, 0.15) is 0 Å². The molecule has 0 bridgehead atoms. The van der Waals surface area contributed by atoms with E-state index in [2.05, 4.69) is 9.47 Å². The number of ether oxygens (including phenoxy) is 2. The Bertz CT molecular complexity index is 125. The van der Waals surface area contributed by atoms with Crippen molar-refractivity contribution < 1.29 is 48.9 Å². The van der Waals surface area contributed by atoms with E-state index in [1.807, 2.05) is 0 Å². The standard InChI is InChI=1S/C4H4O4.Na/c5-3(6)4-7-1-2-8-4;/h1-2,4H,(H,5,6);/q;+1/p-1. The zero-order valence-electron chi connectivity index (χ0n) is 4.87. The van der Waals surface area contributed by atoms with Gasteiger partial charge in [0.2, 0.25) is 0 Å². The molecule has 1 rings (SSSR count). The van der Waals surface area contributed by atoms with Gasteiger partial charge >= 0.3 is 29.6 Å². The number of hydrogen-bond acceptors (Lipinski definition) is 4. The largest absolute Gasteiger partial charge is 1.00 e. The van der Waals surface area contributed by atoms with Gasteiger partial charge in [0.25, 0.3) is 6.29 Å². The van der Waals surface area contributed by atoms with Gasteiger partial charge in [0, 0.05) is 0 Å². The van der Waals surface area contributed by atoms with Crippen LogP contribution in [0.2, 0.25) is 0 Å².